The molecule has 0 amide bonds. The van der Waals surface area contributed by atoms with E-state index in [1.54, 1.807) is 11.1 Å². The first-order valence-corrected chi connectivity index (χ1v) is 8.26. The molecule has 1 heteroatoms. The minimum atomic E-state index is 0.359. The van der Waals surface area contributed by atoms with Crippen LogP contribution in [0.2, 0.25) is 0 Å². The molecule has 1 aliphatic rings. The topological polar surface area (TPSA) is 12.0 Å². The highest BCUT2D eigenvalue weighted by Gasteiger charge is 2.36. The van der Waals surface area contributed by atoms with Gasteiger partial charge in [-0.1, -0.05) is 52.0 Å². The number of benzene rings is 1. The van der Waals surface area contributed by atoms with Gasteiger partial charge in [-0.3, -0.25) is 0 Å². The van der Waals surface area contributed by atoms with Gasteiger partial charge in [0.1, 0.15) is 0 Å². The molecule has 1 atom stereocenters. The zero-order valence-electron chi connectivity index (χ0n) is 13.8. The first-order valence-electron chi connectivity index (χ1n) is 8.26. The summed E-state index contributed by atoms with van der Waals surface area (Å²) < 4.78 is 0. The molecular formula is C19H31N. The van der Waals surface area contributed by atoms with Gasteiger partial charge in [0.15, 0.2) is 0 Å². The van der Waals surface area contributed by atoms with E-state index < -0.39 is 0 Å². The minimum Gasteiger partial charge on any atom is -0.316 e. The maximum atomic E-state index is 3.64. The lowest BCUT2D eigenvalue weighted by atomic mass is 9.65. The number of hydrogen-bond donors (Lipinski definition) is 1. The van der Waals surface area contributed by atoms with Crippen LogP contribution in [-0.2, 0) is 11.8 Å². The molecule has 1 aromatic carbocycles. The fourth-order valence-corrected chi connectivity index (χ4v) is 3.52. The third kappa shape index (κ3) is 3.63. The zero-order valence-corrected chi connectivity index (χ0v) is 13.8. The number of rotatable bonds is 5. The van der Waals surface area contributed by atoms with Crippen LogP contribution in [0, 0.1) is 5.41 Å². The molecule has 0 saturated heterocycles. The predicted octanol–water partition coefficient (Wildman–Crippen LogP) is 4.70. The summed E-state index contributed by atoms with van der Waals surface area (Å²) in [6.07, 6.45) is 6.55. The molecule has 0 radical (unpaired) electrons. The molecular weight excluding hydrogens is 242 g/mol. The Morgan fingerprint density at radius 3 is 2.65 bits per heavy atom. The quantitative estimate of drug-likeness (QED) is 0.820. The van der Waals surface area contributed by atoms with Crippen molar-refractivity contribution >= 4 is 0 Å². The summed E-state index contributed by atoms with van der Waals surface area (Å²) in [5, 5.41) is 3.64. The van der Waals surface area contributed by atoms with Crippen molar-refractivity contribution < 1.29 is 0 Å². The summed E-state index contributed by atoms with van der Waals surface area (Å²) in [5.74, 6) is 0. The molecule has 0 spiro atoms. The lowest BCUT2D eigenvalue weighted by Crippen LogP contribution is -2.41. The van der Waals surface area contributed by atoms with Gasteiger partial charge in [0.05, 0.1) is 0 Å². The van der Waals surface area contributed by atoms with Gasteiger partial charge >= 0.3 is 0 Å². The second-order valence-corrected chi connectivity index (χ2v) is 7.63. The Morgan fingerprint density at radius 1 is 1.20 bits per heavy atom. The molecule has 0 fully saturated rings. The molecule has 0 aromatic heterocycles. The fraction of sp³-hybridized carbons (Fsp3) is 0.684. The Bertz CT molecular complexity index is 430. The summed E-state index contributed by atoms with van der Waals surface area (Å²) in [7, 11) is 0. The van der Waals surface area contributed by atoms with Gasteiger partial charge < -0.3 is 5.32 Å². The van der Waals surface area contributed by atoms with Gasteiger partial charge in [-0.15, -0.1) is 0 Å². The average molecular weight is 273 g/mol. The van der Waals surface area contributed by atoms with Gasteiger partial charge in [0, 0.05) is 12.0 Å². The standard InChI is InChI=1S/C19H31N/c1-5-20-15-19(14-13-18(2,3)4)12-8-10-16-9-6-7-11-17(16)19/h6-7,9,11,20H,5,8,10,12-15H2,1-4H3. The normalized spacial score (nSPS) is 22.6. The maximum absolute atomic E-state index is 3.64. The number of likely N-dealkylation sites (N-methyl/N-ethyl adjacent to an activating group) is 1. The van der Waals surface area contributed by atoms with Crippen LogP contribution in [0.25, 0.3) is 0 Å². The van der Waals surface area contributed by atoms with E-state index >= 15 is 0 Å². The van der Waals surface area contributed by atoms with E-state index in [0.717, 1.165) is 13.1 Å². The van der Waals surface area contributed by atoms with Crippen LogP contribution < -0.4 is 5.32 Å². The molecule has 1 N–H and O–H groups in total. The van der Waals surface area contributed by atoms with Crippen LogP contribution in [0.1, 0.15) is 64.5 Å². The number of hydrogen-bond acceptors (Lipinski definition) is 1. The third-order valence-corrected chi connectivity index (χ3v) is 4.76. The van der Waals surface area contributed by atoms with E-state index in [4.69, 9.17) is 0 Å². The van der Waals surface area contributed by atoms with Crippen LogP contribution in [0.4, 0.5) is 0 Å². The Labute approximate surface area is 125 Å². The summed E-state index contributed by atoms with van der Waals surface area (Å²) >= 11 is 0. The smallest absolute Gasteiger partial charge is 0.00808 e. The molecule has 1 aliphatic carbocycles. The van der Waals surface area contributed by atoms with Crippen molar-refractivity contribution in [3.63, 3.8) is 0 Å². The largest absolute Gasteiger partial charge is 0.316 e. The molecule has 0 aliphatic heterocycles. The van der Waals surface area contributed by atoms with Gasteiger partial charge in [-0.25, -0.2) is 0 Å². The van der Waals surface area contributed by atoms with Crippen LogP contribution in [-0.4, -0.2) is 13.1 Å². The highest BCUT2D eigenvalue weighted by Crippen LogP contribution is 2.42. The van der Waals surface area contributed by atoms with Gasteiger partial charge in [0.25, 0.3) is 0 Å². The van der Waals surface area contributed by atoms with E-state index in [0.29, 0.717) is 10.8 Å². The van der Waals surface area contributed by atoms with Gasteiger partial charge in [-0.2, -0.15) is 0 Å². The van der Waals surface area contributed by atoms with Gasteiger partial charge in [0.2, 0.25) is 0 Å². The number of nitrogens with one attached hydrogen (secondary N) is 1. The summed E-state index contributed by atoms with van der Waals surface area (Å²) in [4.78, 5) is 0. The SMILES string of the molecule is CCNCC1(CCC(C)(C)C)CCCc2ccccc21. The highest BCUT2D eigenvalue weighted by molar-refractivity contribution is 5.37. The maximum Gasteiger partial charge on any atom is 0.00808 e. The second kappa shape index (κ2) is 6.30. The van der Waals surface area contributed by atoms with Crippen molar-refractivity contribution in [2.75, 3.05) is 13.1 Å². The monoisotopic (exact) mass is 273 g/mol. The molecule has 0 bridgehead atoms. The van der Waals surface area contributed by atoms with Crippen molar-refractivity contribution in [1.82, 2.24) is 5.32 Å². The Kier molecular flexibility index (Phi) is 4.90. The first kappa shape index (κ1) is 15.6. The Balaban J connectivity index is 2.28. The van der Waals surface area contributed by atoms with E-state index in [2.05, 4.69) is 57.3 Å². The Hall–Kier alpha value is -0.820. The molecule has 1 unspecified atom stereocenters. The van der Waals surface area contributed by atoms with Crippen molar-refractivity contribution in [2.45, 2.75) is 65.2 Å². The van der Waals surface area contributed by atoms with Gasteiger partial charge in [-0.05, 0) is 55.2 Å². The molecule has 1 nitrogen and oxygen atoms in total. The molecule has 2 rings (SSSR count). The molecule has 1 aromatic rings. The van der Waals surface area contributed by atoms with Crippen LogP contribution in [0.3, 0.4) is 0 Å². The molecule has 112 valence electrons. The average Bonchev–Trinajstić information content (AvgIpc) is 2.42. The van der Waals surface area contributed by atoms with Crippen molar-refractivity contribution in [3.05, 3.63) is 35.4 Å². The lowest BCUT2D eigenvalue weighted by Gasteiger charge is -2.41. The van der Waals surface area contributed by atoms with Crippen LogP contribution in [0.5, 0.6) is 0 Å². The molecule has 0 heterocycles. The minimum absolute atomic E-state index is 0.359. The van der Waals surface area contributed by atoms with Crippen molar-refractivity contribution in [3.8, 4) is 0 Å². The fourth-order valence-electron chi connectivity index (χ4n) is 3.52. The van der Waals surface area contributed by atoms with Crippen molar-refractivity contribution in [1.29, 1.82) is 0 Å². The summed E-state index contributed by atoms with van der Waals surface area (Å²) in [6, 6.07) is 9.15. The zero-order chi connectivity index (χ0) is 14.6. The highest BCUT2D eigenvalue weighted by atomic mass is 14.9. The van der Waals surface area contributed by atoms with E-state index in [1.807, 2.05) is 0 Å². The Morgan fingerprint density at radius 2 is 1.95 bits per heavy atom. The number of aryl methyl sites for hydroxylation is 1. The first-order chi connectivity index (χ1) is 9.47. The third-order valence-electron chi connectivity index (χ3n) is 4.76. The van der Waals surface area contributed by atoms with E-state index in [1.165, 1.54) is 32.1 Å². The lowest BCUT2D eigenvalue weighted by molar-refractivity contribution is 0.256. The summed E-state index contributed by atoms with van der Waals surface area (Å²) in [5.41, 5.74) is 3.99. The van der Waals surface area contributed by atoms with Crippen LogP contribution >= 0.6 is 0 Å². The van der Waals surface area contributed by atoms with E-state index in [-0.39, 0.29) is 0 Å². The van der Waals surface area contributed by atoms with Crippen molar-refractivity contribution in [2.24, 2.45) is 5.41 Å². The summed E-state index contributed by atoms with van der Waals surface area (Å²) in [6.45, 7) is 11.5. The number of fused-ring (bicyclic) bond motifs is 1. The second-order valence-electron chi connectivity index (χ2n) is 7.63. The van der Waals surface area contributed by atoms with E-state index in [9.17, 15) is 0 Å². The molecule has 20 heavy (non-hydrogen) atoms. The molecule has 0 saturated carbocycles. The van der Waals surface area contributed by atoms with Crippen LogP contribution in [0.15, 0.2) is 24.3 Å². The predicted molar refractivity (Wildman–Crippen MR) is 88.3 cm³/mol.